The lowest BCUT2D eigenvalue weighted by atomic mass is 9.86. The van der Waals surface area contributed by atoms with Crippen molar-refractivity contribution in [3.8, 4) is 0 Å². The van der Waals surface area contributed by atoms with Gasteiger partial charge in [0, 0.05) is 0 Å². The first kappa shape index (κ1) is 24.5. The molecule has 0 aromatic rings. The number of hydrogen-bond donors (Lipinski definition) is 1. The van der Waals surface area contributed by atoms with Gasteiger partial charge in [-0.25, -0.2) is 0 Å². The van der Waals surface area contributed by atoms with E-state index in [0.717, 1.165) is 19.3 Å². The Morgan fingerprint density at radius 2 is 0.818 bits per heavy atom. The normalized spacial score (nSPS) is 11.5. The highest BCUT2D eigenvalue weighted by atomic mass is 35.5. The second-order valence-corrected chi connectivity index (χ2v) is 7.01. The van der Waals surface area contributed by atoms with Crippen molar-refractivity contribution in [2.24, 2.45) is 0 Å². The highest BCUT2D eigenvalue weighted by molar-refractivity contribution is 5.85. The maximum Gasteiger partial charge on any atom is 0.0647 e. The van der Waals surface area contributed by atoms with Crippen LogP contribution in [0.15, 0.2) is 0 Å². The van der Waals surface area contributed by atoms with Crippen LogP contribution in [0.25, 0.3) is 0 Å². The first-order valence-corrected chi connectivity index (χ1v) is 9.91. The molecule has 0 aromatic heterocycles. The molecular formula is C20H43ClO. The molecule has 0 amide bonds. The second kappa shape index (κ2) is 17.6. The van der Waals surface area contributed by atoms with E-state index in [1.807, 2.05) is 0 Å². The van der Waals surface area contributed by atoms with Crippen LogP contribution in [0.2, 0.25) is 0 Å². The van der Waals surface area contributed by atoms with Crippen molar-refractivity contribution in [2.75, 3.05) is 0 Å². The summed E-state index contributed by atoms with van der Waals surface area (Å²) in [7, 11) is 0. The quantitative estimate of drug-likeness (QED) is 0.291. The fourth-order valence-corrected chi connectivity index (χ4v) is 3.15. The molecule has 0 atom stereocenters. The van der Waals surface area contributed by atoms with Crippen LogP contribution in [-0.4, -0.2) is 10.7 Å². The molecule has 0 fully saturated rings. The average Bonchev–Trinajstić information content (AvgIpc) is 2.49. The van der Waals surface area contributed by atoms with E-state index < -0.39 is 0 Å². The van der Waals surface area contributed by atoms with Gasteiger partial charge in [0.15, 0.2) is 0 Å². The maximum atomic E-state index is 10.8. The lowest BCUT2D eigenvalue weighted by Crippen LogP contribution is -2.28. The molecule has 0 rings (SSSR count). The van der Waals surface area contributed by atoms with E-state index in [-0.39, 0.29) is 18.0 Å². The van der Waals surface area contributed by atoms with Crippen LogP contribution in [-0.2, 0) is 0 Å². The van der Waals surface area contributed by atoms with Crippen LogP contribution in [0.4, 0.5) is 0 Å². The summed E-state index contributed by atoms with van der Waals surface area (Å²) in [4.78, 5) is 0. The van der Waals surface area contributed by atoms with E-state index in [0.29, 0.717) is 0 Å². The van der Waals surface area contributed by atoms with Crippen LogP contribution in [0.3, 0.4) is 0 Å². The summed E-state index contributed by atoms with van der Waals surface area (Å²) in [5.41, 5.74) is -0.354. The first-order valence-electron chi connectivity index (χ1n) is 9.91. The van der Waals surface area contributed by atoms with Gasteiger partial charge in [-0.15, -0.1) is 12.4 Å². The van der Waals surface area contributed by atoms with Crippen molar-refractivity contribution in [1.29, 1.82) is 0 Å². The van der Waals surface area contributed by atoms with E-state index in [2.05, 4.69) is 20.8 Å². The summed E-state index contributed by atoms with van der Waals surface area (Å²) >= 11 is 0. The highest BCUT2D eigenvalue weighted by Gasteiger charge is 2.24. The Balaban J connectivity index is 0. The molecule has 2 heteroatoms. The molecule has 0 heterocycles. The predicted molar refractivity (Wildman–Crippen MR) is 103 cm³/mol. The Morgan fingerprint density at radius 3 is 1.23 bits per heavy atom. The van der Waals surface area contributed by atoms with Gasteiger partial charge in [0.25, 0.3) is 0 Å². The number of halogens is 1. The van der Waals surface area contributed by atoms with Crippen LogP contribution >= 0.6 is 12.4 Å². The zero-order valence-corrected chi connectivity index (χ0v) is 16.5. The van der Waals surface area contributed by atoms with E-state index >= 15 is 0 Å². The molecular weight excluding hydrogens is 292 g/mol. The molecule has 1 nitrogen and oxygen atoms in total. The smallest absolute Gasteiger partial charge is 0.0647 e. The molecule has 0 aliphatic rings. The SMILES string of the molecule is CCCCCCCCCCCC(O)(CCCC)CCCC.Cl. The van der Waals surface area contributed by atoms with E-state index in [1.165, 1.54) is 83.5 Å². The predicted octanol–water partition coefficient (Wildman–Crippen LogP) is 7.44. The lowest BCUT2D eigenvalue weighted by Gasteiger charge is -2.28. The Morgan fingerprint density at radius 1 is 0.500 bits per heavy atom. The van der Waals surface area contributed by atoms with Gasteiger partial charge < -0.3 is 5.11 Å². The Hall–Kier alpha value is 0.250. The molecule has 136 valence electrons. The molecule has 0 unspecified atom stereocenters. The molecule has 0 bridgehead atoms. The topological polar surface area (TPSA) is 20.2 Å². The maximum absolute atomic E-state index is 10.8. The molecule has 0 aliphatic carbocycles. The van der Waals surface area contributed by atoms with Gasteiger partial charge >= 0.3 is 0 Å². The molecule has 22 heavy (non-hydrogen) atoms. The molecule has 0 spiro atoms. The van der Waals surface area contributed by atoms with Gasteiger partial charge in [-0.1, -0.05) is 104 Å². The number of aliphatic hydroxyl groups is 1. The number of rotatable bonds is 16. The highest BCUT2D eigenvalue weighted by Crippen LogP contribution is 2.27. The van der Waals surface area contributed by atoms with E-state index in [1.54, 1.807) is 0 Å². The fourth-order valence-electron chi connectivity index (χ4n) is 3.15. The van der Waals surface area contributed by atoms with Gasteiger partial charge in [0.2, 0.25) is 0 Å². The van der Waals surface area contributed by atoms with Gasteiger partial charge in [-0.3, -0.25) is 0 Å². The monoisotopic (exact) mass is 334 g/mol. The summed E-state index contributed by atoms with van der Waals surface area (Å²) < 4.78 is 0. The minimum absolute atomic E-state index is 0. The summed E-state index contributed by atoms with van der Waals surface area (Å²) in [6.07, 6.45) is 20.1. The van der Waals surface area contributed by atoms with Gasteiger partial charge in [-0.05, 0) is 19.3 Å². The minimum atomic E-state index is -0.354. The van der Waals surface area contributed by atoms with E-state index in [9.17, 15) is 5.11 Å². The van der Waals surface area contributed by atoms with Crippen molar-refractivity contribution in [3.05, 3.63) is 0 Å². The summed E-state index contributed by atoms with van der Waals surface area (Å²) in [6, 6.07) is 0. The first-order chi connectivity index (χ1) is 10.2. The molecule has 0 aliphatic heterocycles. The summed E-state index contributed by atoms with van der Waals surface area (Å²) in [5, 5.41) is 10.8. The molecule has 0 saturated heterocycles. The Labute approximate surface area is 147 Å². The van der Waals surface area contributed by atoms with Gasteiger partial charge in [0.05, 0.1) is 5.60 Å². The summed E-state index contributed by atoms with van der Waals surface area (Å²) in [6.45, 7) is 6.72. The van der Waals surface area contributed by atoms with Crippen molar-refractivity contribution in [3.63, 3.8) is 0 Å². The Bertz CT molecular complexity index is 198. The summed E-state index contributed by atoms with van der Waals surface area (Å²) in [5.74, 6) is 0. The van der Waals surface area contributed by atoms with Crippen molar-refractivity contribution >= 4 is 12.4 Å². The largest absolute Gasteiger partial charge is 0.390 e. The lowest BCUT2D eigenvalue weighted by molar-refractivity contribution is 0.00788. The fraction of sp³-hybridized carbons (Fsp3) is 1.00. The third kappa shape index (κ3) is 15.2. The van der Waals surface area contributed by atoms with E-state index in [4.69, 9.17) is 0 Å². The van der Waals surface area contributed by atoms with Crippen molar-refractivity contribution < 1.29 is 5.11 Å². The zero-order chi connectivity index (χ0) is 15.8. The van der Waals surface area contributed by atoms with Crippen molar-refractivity contribution in [1.82, 2.24) is 0 Å². The van der Waals surface area contributed by atoms with Crippen LogP contribution in [0.5, 0.6) is 0 Å². The second-order valence-electron chi connectivity index (χ2n) is 7.01. The molecule has 1 N–H and O–H groups in total. The third-order valence-electron chi connectivity index (χ3n) is 4.74. The average molecular weight is 335 g/mol. The standard InChI is InChI=1S/C20H42O.ClH/c1-4-7-10-11-12-13-14-15-16-19-20(21,17-8-5-2)18-9-6-3;/h21H,4-19H2,1-3H3;1H. The number of unbranched alkanes of at least 4 members (excludes halogenated alkanes) is 10. The van der Waals surface area contributed by atoms with Crippen molar-refractivity contribution in [2.45, 2.75) is 129 Å². The molecule has 0 saturated carbocycles. The molecule has 0 radical (unpaired) electrons. The van der Waals surface area contributed by atoms with Gasteiger partial charge in [0.1, 0.15) is 0 Å². The number of hydrogen-bond acceptors (Lipinski definition) is 1. The van der Waals surface area contributed by atoms with Crippen LogP contribution in [0.1, 0.15) is 124 Å². The zero-order valence-electron chi connectivity index (χ0n) is 15.7. The van der Waals surface area contributed by atoms with Crippen LogP contribution in [0, 0.1) is 0 Å². The molecule has 0 aromatic carbocycles. The Kier molecular flexibility index (Phi) is 19.6. The minimum Gasteiger partial charge on any atom is -0.390 e. The third-order valence-corrected chi connectivity index (χ3v) is 4.74. The van der Waals surface area contributed by atoms with Crippen LogP contribution < -0.4 is 0 Å². The van der Waals surface area contributed by atoms with Gasteiger partial charge in [-0.2, -0.15) is 0 Å².